The molecule has 1 atom stereocenters. The summed E-state index contributed by atoms with van der Waals surface area (Å²) in [5, 5.41) is 13.5. The fraction of sp³-hybridized carbons (Fsp3) is 0.263. The number of nitrogens with zero attached hydrogens (tertiary/aromatic N) is 4. The molecule has 0 fully saturated rings. The molecule has 0 amide bonds. The van der Waals surface area contributed by atoms with Crippen LogP contribution in [-0.4, -0.2) is 35.1 Å². The first-order valence-electron chi connectivity index (χ1n) is 8.44. The number of aromatic nitrogens is 4. The molecule has 0 spiro atoms. The number of aliphatic hydroxyl groups excluding tert-OH is 1. The SMILES string of the molecule is CC(F)(I)COc1ncc(-c2ccc(=O)n(Cc3ccc(CO)cc3)n2)cn1. The largest absolute Gasteiger partial charge is 0.459 e. The molecule has 1 aromatic carbocycles. The molecule has 0 aliphatic carbocycles. The maximum atomic E-state index is 13.5. The smallest absolute Gasteiger partial charge is 0.316 e. The van der Waals surface area contributed by atoms with Gasteiger partial charge in [-0.3, -0.25) is 4.79 Å². The lowest BCUT2D eigenvalue weighted by Gasteiger charge is -2.12. The molecule has 2 heterocycles. The fourth-order valence-electron chi connectivity index (χ4n) is 2.35. The predicted octanol–water partition coefficient (Wildman–Crippen LogP) is 2.74. The van der Waals surface area contributed by atoms with Crippen molar-refractivity contribution in [1.29, 1.82) is 0 Å². The number of benzene rings is 1. The van der Waals surface area contributed by atoms with E-state index in [0.29, 0.717) is 17.8 Å². The standard InChI is InChI=1S/C19H18FIN4O3/c1-19(20,21)12-28-18-22-8-15(9-23-18)16-6-7-17(27)25(24-16)10-13-2-4-14(11-26)5-3-13/h2-9,26H,10-12H2,1H3. The Morgan fingerprint density at radius 1 is 1.14 bits per heavy atom. The molecule has 0 saturated heterocycles. The van der Waals surface area contributed by atoms with Crippen LogP contribution in [0.5, 0.6) is 6.01 Å². The van der Waals surface area contributed by atoms with E-state index >= 15 is 0 Å². The van der Waals surface area contributed by atoms with Crippen molar-refractivity contribution < 1.29 is 14.2 Å². The van der Waals surface area contributed by atoms with Crippen molar-refractivity contribution in [2.75, 3.05) is 6.61 Å². The molecular weight excluding hydrogens is 478 g/mol. The van der Waals surface area contributed by atoms with Crippen LogP contribution < -0.4 is 10.3 Å². The van der Waals surface area contributed by atoms with Crippen molar-refractivity contribution in [3.8, 4) is 17.3 Å². The number of ether oxygens (including phenoxy) is 1. The summed E-state index contributed by atoms with van der Waals surface area (Å²) in [4.78, 5) is 20.3. The molecule has 2 aromatic heterocycles. The monoisotopic (exact) mass is 496 g/mol. The number of halogens is 2. The van der Waals surface area contributed by atoms with Crippen molar-refractivity contribution in [2.24, 2.45) is 0 Å². The van der Waals surface area contributed by atoms with Crippen molar-refractivity contribution >= 4 is 22.6 Å². The number of hydrogen-bond acceptors (Lipinski definition) is 6. The maximum absolute atomic E-state index is 13.5. The van der Waals surface area contributed by atoms with Gasteiger partial charge in [-0.15, -0.1) is 0 Å². The summed E-state index contributed by atoms with van der Waals surface area (Å²) in [5.74, 6) is 0. The highest BCUT2D eigenvalue weighted by atomic mass is 127. The number of hydrogen-bond donors (Lipinski definition) is 1. The third kappa shape index (κ3) is 5.55. The number of alkyl halides is 2. The van der Waals surface area contributed by atoms with Gasteiger partial charge in [0.2, 0.25) is 0 Å². The zero-order valence-corrected chi connectivity index (χ0v) is 17.2. The Balaban J connectivity index is 1.77. The first kappa shape index (κ1) is 20.3. The van der Waals surface area contributed by atoms with Crippen LogP contribution in [0.25, 0.3) is 11.3 Å². The Bertz CT molecular complexity index is 986. The lowest BCUT2D eigenvalue weighted by Crippen LogP contribution is -2.23. The highest BCUT2D eigenvalue weighted by molar-refractivity contribution is 14.1. The molecule has 0 bridgehead atoms. The zero-order chi connectivity index (χ0) is 20.1. The molecule has 7 nitrogen and oxygen atoms in total. The van der Waals surface area contributed by atoms with E-state index in [1.54, 1.807) is 40.8 Å². The molecule has 0 saturated carbocycles. The molecule has 0 aliphatic rings. The van der Waals surface area contributed by atoms with E-state index in [-0.39, 0.29) is 24.8 Å². The summed E-state index contributed by atoms with van der Waals surface area (Å²) in [7, 11) is 0. The minimum atomic E-state index is -1.51. The van der Waals surface area contributed by atoms with Crippen molar-refractivity contribution in [3.63, 3.8) is 0 Å². The van der Waals surface area contributed by atoms with Crippen molar-refractivity contribution in [3.05, 3.63) is 70.3 Å². The van der Waals surface area contributed by atoms with E-state index in [9.17, 15) is 9.18 Å². The molecule has 0 aliphatic heterocycles. The van der Waals surface area contributed by atoms with Crippen LogP contribution >= 0.6 is 22.6 Å². The van der Waals surface area contributed by atoms with Gasteiger partial charge in [-0.1, -0.05) is 24.3 Å². The van der Waals surface area contributed by atoms with Crippen LogP contribution in [0.15, 0.2) is 53.6 Å². The average molecular weight is 496 g/mol. The van der Waals surface area contributed by atoms with Gasteiger partial charge in [0.1, 0.15) is 6.61 Å². The van der Waals surface area contributed by atoms with Gasteiger partial charge in [0.15, 0.2) is 3.68 Å². The molecule has 9 heteroatoms. The van der Waals surface area contributed by atoms with Crippen LogP contribution in [0.4, 0.5) is 4.39 Å². The molecule has 28 heavy (non-hydrogen) atoms. The van der Waals surface area contributed by atoms with E-state index in [4.69, 9.17) is 9.84 Å². The third-order valence-corrected chi connectivity index (χ3v) is 4.09. The summed E-state index contributed by atoms with van der Waals surface area (Å²) < 4.78 is 18.5. The topological polar surface area (TPSA) is 90.1 Å². The summed E-state index contributed by atoms with van der Waals surface area (Å²) in [6, 6.07) is 10.4. The maximum Gasteiger partial charge on any atom is 0.316 e. The van der Waals surface area contributed by atoms with Gasteiger partial charge in [-0.05, 0) is 46.7 Å². The zero-order valence-electron chi connectivity index (χ0n) is 15.0. The summed E-state index contributed by atoms with van der Waals surface area (Å²) in [6.07, 6.45) is 3.02. The average Bonchev–Trinajstić information content (AvgIpc) is 2.68. The van der Waals surface area contributed by atoms with Gasteiger partial charge in [0.25, 0.3) is 5.56 Å². The Morgan fingerprint density at radius 2 is 1.79 bits per heavy atom. The van der Waals surface area contributed by atoms with Crippen molar-refractivity contribution in [2.45, 2.75) is 23.8 Å². The molecule has 1 N–H and O–H groups in total. The van der Waals surface area contributed by atoms with E-state index in [1.807, 2.05) is 12.1 Å². The van der Waals surface area contributed by atoms with Crippen LogP contribution in [0.2, 0.25) is 0 Å². The first-order valence-corrected chi connectivity index (χ1v) is 9.52. The fourth-order valence-corrected chi connectivity index (χ4v) is 2.51. The molecule has 146 valence electrons. The molecule has 3 rings (SSSR count). The van der Waals surface area contributed by atoms with Crippen LogP contribution in [0, 0.1) is 0 Å². The quantitative estimate of drug-likeness (QED) is 0.400. The second kappa shape index (κ2) is 8.74. The van der Waals surface area contributed by atoms with Gasteiger partial charge < -0.3 is 9.84 Å². The van der Waals surface area contributed by atoms with Crippen LogP contribution in [0.1, 0.15) is 18.1 Å². The highest BCUT2D eigenvalue weighted by Gasteiger charge is 2.19. The molecular formula is C19H18FIN4O3. The Labute approximate surface area is 174 Å². The van der Waals surface area contributed by atoms with E-state index in [2.05, 4.69) is 15.1 Å². The Hall–Kier alpha value is -2.40. The lowest BCUT2D eigenvalue weighted by molar-refractivity contribution is 0.185. The highest BCUT2D eigenvalue weighted by Crippen LogP contribution is 2.21. The minimum Gasteiger partial charge on any atom is -0.459 e. The summed E-state index contributed by atoms with van der Waals surface area (Å²) >= 11 is 1.64. The third-order valence-electron chi connectivity index (χ3n) is 3.78. The number of rotatable bonds is 7. The van der Waals surface area contributed by atoms with Crippen LogP contribution in [-0.2, 0) is 13.2 Å². The molecule has 1 unspecified atom stereocenters. The molecule has 0 radical (unpaired) electrons. The van der Waals surface area contributed by atoms with E-state index in [0.717, 1.165) is 11.1 Å². The van der Waals surface area contributed by atoms with E-state index in [1.165, 1.54) is 30.1 Å². The normalized spacial score (nSPS) is 13.1. The Morgan fingerprint density at radius 3 is 2.39 bits per heavy atom. The van der Waals surface area contributed by atoms with E-state index < -0.39 is 3.68 Å². The summed E-state index contributed by atoms with van der Waals surface area (Å²) in [5.41, 5.74) is 2.58. The Kier molecular flexibility index (Phi) is 6.35. The lowest BCUT2D eigenvalue weighted by atomic mass is 10.1. The van der Waals surface area contributed by atoms with Gasteiger partial charge in [0, 0.05) is 24.0 Å². The van der Waals surface area contributed by atoms with Gasteiger partial charge in [0.05, 0.1) is 18.8 Å². The van der Waals surface area contributed by atoms with Gasteiger partial charge >= 0.3 is 6.01 Å². The first-order chi connectivity index (χ1) is 13.3. The molecule has 3 aromatic rings. The minimum absolute atomic E-state index is 0.0317. The summed E-state index contributed by atoms with van der Waals surface area (Å²) in [6.45, 7) is 1.50. The second-order valence-electron chi connectivity index (χ2n) is 6.30. The predicted molar refractivity (Wildman–Crippen MR) is 110 cm³/mol. The second-order valence-corrected chi connectivity index (χ2v) is 8.55. The van der Waals surface area contributed by atoms with Crippen molar-refractivity contribution in [1.82, 2.24) is 19.7 Å². The van der Waals surface area contributed by atoms with Gasteiger partial charge in [-0.25, -0.2) is 19.0 Å². The van der Waals surface area contributed by atoms with Gasteiger partial charge in [-0.2, -0.15) is 5.10 Å². The van der Waals surface area contributed by atoms with Crippen LogP contribution in [0.3, 0.4) is 0 Å². The number of aliphatic hydroxyl groups is 1.